The number of aliphatic imine (C=N–C) groups is 1. The number of thiazole rings is 1. The van der Waals surface area contributed by atoms with Crippen molar-refractivity contribution in [1.82, 2.24) is 15.3 Å². The van der Waals surface area contributed by atoms with Crippen molar-refractivity contribution in [2.45, 2.75) is 6.42 Å². The van der Waals surface area contributed by atoms with Crippen LogP contribution < -0.4 is 15.4 Å². The standard InChI is InChI=1S/C20H18ClN5OS/c1-2-13-11-14(21)6-7-17(13)27-18-15(5-3-8-22-18)16-12-28-20(25-16)26-19-23-9-4-10-24-19/h2-3,5-8,11-12H,1,4,9-10H2,(H2,23,24,25,26). The molecule has 0 saturated carbocycles. The van der Waals surface area contributed by atoms with Gasteiger partial charge in [0.05, 0.1) is 11.3 Å². The molecule has 0 fully saturated rings. The smallest absolute Gasteiger partial charge is 0.228 e. The maximum atomic E-state index is 6.07. The molecule has 1 aliphatic heterocycles. The van der Waals surface area contributed by atoms with Gasteiger partial charge in [-0.3, -0.25) is 4.99 Å². The minimum Gasteiger partial charge on any atom is -0.438 e. The monoisotopic (exact) mass is 411 g/mol. The van der Waals surface area contributed by atoms with Gasteiger partial charge in [-0.2, -0.15) is 0 Å². The van der Waals surface area contributed by atoms with Gasteiger partial charge in [-0.25, -0.2) is 9.97 Å². The van der Waals surface area contributed by atoms with Gasteiger partial charge in [-0.1, -0.05) is 24.3 Å². The van der Waals surface area contributed by atoms with Gasteiger partial charge in [0.2, 0.25) is 5.88 Å². The molecule has 142 valence electrons. The van der Waals surface area contributed by atoms with E-state index < -0.39 is 0 Å². The minimum absolute atomic E-state index is 0.470. The van der Waals surface area contributed by atoms with E-state index in [1.54, 1.807) is 30.5 Å². The van der Waals surface area contributed by atoms with E-state index in [4.69, 9.17) is 16.3 Å². The number of nitrogens with one attached hydrogen (secondary N) is 2. The molecule has 0 spiro atoms. The van der Waals surface area contributed by atoms with Crippen LogP contribution in [0.5, 0.6) is 11.6 Å². The molecule has 0 bridgehead atoms. The van der Waals surface area contributed by atoms with Gasteiger partial charge in [0.25, 0.3) is 0 Å². The minimum atomic E-state index is 0.470. The maximum absolute atomic E-state index is 6.07. The molecule has 28 heavy (non-hydrogen) atoms. The summed E-state index contributed by atoms with van der Waals surface area (Å²) in [6.07, 6.45) is 4.43. The quantitative estimate of drug-likeness (QED) is 0.614. The van der Waals surface area contributed by atoms with E-state index in [1.165, 1.54) is 11.3 Å². The molecular weight excluding hydrogens is 394 g/mol. The van der Waals surface area contributed by atoms with Gasteiger partial charge < -0.3 is 15.4 Å². The molecule has 8 heteroatoms. The van der Waals surface area contributed by atoms with Crippen LogP contribution in [-0.2, 0) is 0 Å². The third-order valence-electron chi connectivity index (χ3n) is 4.07. The van der Waals surface area contributed by atoms with Gasteiger partial charge in [0, 0.05) is 35.3 Å². The fourth-order valence-corrected chi connectivity index (χ4v) is 3.61. The zero-order valence-corrected chi connectivity index (χ0v) is 16.6. The number of ether oxygens (including phenoxy) is 1. The van der Waals surface area contributed by atoms with Crippen LogP contribution in [0.4, 0.5) is 5.13 Å². The summed E-state index contributed by atoms with van der Waals surface area (Å²) in [6, 6.07) is 9.17. The van der Waals surface area contributed by atoms with E-state index in [9.17, 15) is 0 Å². The highest BCUT2D eigenvalue weighted by Gasteiger charge is 2.14. The molecule has 0 radical (unpaired) electrons. The number of guanidine groups is 1. The van der Waals surface area contributed by atoms with E-state index in [-0.39, 0.29) is 0 Å². The van der Waals surface area contributed by atoms with Crippen LogP contribution in [0.3, 0.4) is 0 Å². The largest absolute Gasteiger partial charge is 0.438 e. The van der Waals surface area contributed by atoms with Crippen LogP contribution in [-0.4, -0.2) is 29.0 Å². The van der Waals surface area contributed by atoms with Crippen molar-refractivity contribution in [3.05, 3.63) is 59.1 Å². The molecule has 0 aliphatic carbocycles. The maximum Gasteiger partial charge on any atom is 0.228 e. The predicted molar refractivity (Wildman–Crippen MR) is 116 cm³/mol. The van der Waals surface area contributed by atoms with E-state index in [0.717, 1.165) is 47.4 Å². The van der Waals surface area contributed by atoms with E-state index >= 15 is 0 Å². The third-order valence-corrected chi connectivity index (χ3v) is 5.07. The molecule has 4 rings (SSSR count). The summed E-state index contributed by atoms with van der Waals surface area (Å²) in [7, 11) is 0. The number of anilines is 1. The van der Waals surface area contributed by atoms with Gasteiger partial charge >= 0.3 is 0 Å². The zero-order valence-electron chi connectivity index (χ0n) is 15.0. The Bertz CT molecular complexity index is 1030. The van der Waals surface area contributed by atoms with Crippen LogP contribution in [0.1, 0.15) is 12.0 Å². The number of halogens is 1. The van der Waals surface area contributed by atoms with Crippen molar-refractivity contribution in [1.29, 1.82) is 0 Å². The first-order valence-corrected chi connectivity index (χ1v) is 10.0. The second-order valence-corrected chi connectivity index (χ2v) is 7.31. The average Bonchev–Trinajstić information content (AvgIpc) is 3.18. The SMILES string of the molecule is C=Cc1cc(Cl)ccc1Oc1ncccc1-c1csc(NC2=NCCCN2)n1. The van der Waals surface area contributed by atoms with Gasteiger partial charge in [-0.05, 0) is 36.8 Å². The topological polar surface area (TPSA) is 71.4 Å². The normalized spacial score (nSPS) is 13.4. The van der Waals surface area contributed by atoms with Crippen molar-refractivity contribution in [3.63, 3.8) is 0 Å². The Hall–Kier alpha value is -2.90. The van der Waals surface area contributed by atoms with Crippen LogP contribution in [0.15, 0.2) is 53.5 Å². The number of rotatable bonds is 5. The Morgan fingerprint density at radius 3 is 3.07 bits per heavy atom. The molecule has 3 heterocycles. The number of pyridine rings is 1. The van der Waals surface area contributed by atoms with Gasteiger partial charge in [0.1, 0.15) is 5.75 Å². The van der Waals surface area contributed by atoms with Crippen molar-refractivity contribution >= 4 is 40.1 Å². The molecule has 0 saturated heterocycles. The number of hydrogen-bond acceptors (Lipinski definition) is 7. The van der Waals surface area contributed by atoms with Crippen molar-refractivity contribution < 1.29 is 4.74 Å². The lowest BCUT2D eigenvalue weighted by Gasteiger charge is -2.14. The zero-order chi connectivity index (χ0) is 19.3. The van der Waals surface area contributed by atoms with Crippen LogP contribution in [0, 0.1) is 0 Å². The van der Waals surface area contributed by atoms with Crippen molar-refractivity contribution in [3.8, 4) is 22.9 Å². The van der Waals surface area contributed by atoms with E-state index in [1.807, 2.05) is 17.5 Å². The number of benzene rings is 1. The fraction of sp³-hybridized carbons (Fsp3) is 0.150. The molecule has 2 N–H and O–H groups in total. The molecule has 3 aromatic rings. The predicted octanol–water partition coefficient (Wildman–Crippen LogP) is 5.06. The molecule has 1 aliphatic rings. The van der Waals surface area contributed by atoms with Crippen molar-refractivity contribution in [2.75, 3.05) is 18.4 Å². The Labute approximate surface area is 172 Å². The highest BCUT2D eigenvalue weighted by molar-refractivity contribution is 7.14. The highest BCUT2D eigenvalue weighted by atomic mass is 35.5. The van der Waals surface area contributed by atoms with Crippen molar-refractivity contribution in [2.24, 2.45) is 4.99 Å². The van der Waals surface area contributed by atoms with E-state index in [2.05, 4.69) is 32.2 Å². The molecular formula is C20H18ClN5OS. The summed E-state index contributed by atoms with van der Waals surface area (Å²) in [4.78, 5) is 13.5. The average molecular weight is 412 g/mol. The second-order valence-electron chi connectivity index (χ2n) is 6.02. The summed E-state index contributed by atoms with van der Waals surface area (Å²) < 4.78 is 6.07. The third kappa shape index (κ3) is 4.16. The molecule has 6 nitrogen and oxygen atoms in total. The first kappa shape index (κ1) is 18.5. The van der Waals surface area contributed by atoms with Gasteiger partial charge in [-0.15, -0.1) is 11.3 Å². The Balaban J connectivity index is 1.60. The molecule has 0 amide bonds. The summed E-state index contributed by atoms with van der Waals surface area (Å²) in [5, 5.41) is 9.80. The van der Waals surface area contributed by atoms with Crippen LogP contribution >= 0.6 is 22.9 Å². The Morgan fingerprint density at radius 1 is 1.32 bits per heavy atom. The number of hydrogen-bond donors (Lipinski definition) is 2. The summed E-state index contributed by atoms with van der Waals surface area (Å²) in [6.45, 7) is 5.55. The lowest BCUT2D eigenvalue weighted by Crippen LogP contribution is -2.35. The lowest BCUT2D eigenvalue weighted by molar-refractivity contribution is 0.464. The fourth-order valence-electron chi connectivity index (χ4n) is 2.72. The highest BCUT2D eigenvalue weighted by Crippen LogP contribution is 2.35. The van der Waals surface area contributed by atoms with Crippen LogP contribution in [0.2, 0.25) is 5.02 Å². The number of aromatic nitrogens is 2. The molecule has 1 aromatic carbocycles. The Kier molecular flexibility index (Phi) is 5.55. The Morgan fingerprint density at radius 2 is 2.25 bits per heavy atom. The summed E-state index contributed by atoms with van der Waals surface area (Å²) >= 11 is 7.56. The van der Waals surface area contributed by atoms with E-state index in [0.29, 0.717) is 16.7 Å². The molecule has 2 aromatic heterocycles. The number of nitrogens with zero attached hydrogens (tertiary/aromatic N) is 3. The lowest BCUT2D eigenvalue weighted by atomic mass is 10.2. The summed E-state index contributed by atoms with van der Waals surface area (Å²) in [5.41, 5.74) is 2.38. The van der Waals surface area contributed by atoms with Crippen LogP contribution in [0.25, 0.3) is 17.3 Å². The first-order valence-electron chi connectivity index (χ1n) is 8.79. The first-order chi connectivity index (χ1) is 13.7. The summed E-state index contributed by atoms with van der Waals surface area (Å²) in [5.74, 6) is 1.86. The molecule has 0 unspecified atom stereocenters. The van der Waals surface area contributed by atoms with Gasteiger partial charge in [0.15, 0.2) is 11.1 Å². The molecule has 0 atom stereocenters. The second kappa shape index (κ2) is 8.41.